The predicted molar refractivity (Wildman–Crippen MR) is 115 cm³/mol. The number of carbonyl (C=O) groups is 2. The van der Waals surface area contributed by atoms with E-state index in [1.807, 2.05) is 27.7 Å². The van der Waals surface area contributed by atoms with Gasteiger partial charge in [0.1, 0.15) is 0 Å². The average molecular weight is 438 g/mol. The van der Waals surface area contributed by atoms with Crippen LogP contribution < -0.4 is 0 Å². The Hall–Kier alpha value is -2.31. The lowest BCUT2D eigenvalue weighted by molar-refractivity contribution is -0.147. The van der Waals surface area contributed by atoms with Gasteiger partial charge in [-0.25, -0.2) is 4.79 Å². The minimum Gasteiger partial charge on any atom is -0.452 e. The minimum atomic E-state index is -0.578. The topological polar surface area (TPSA) is 64.4 Å². The third-order valence-electron chi connectivity index (χ3n) is 4.65. The van der Waals surface area contributed by atoms with Crippen molar-refractivity contribution < 1.29 is 14.3 Å². The molecule has 0 N–H and O–H groups in total. The number of likely N-dealkylation sites (N-methyl/N-ethyl adjacent to an activating group) is 1. The van der Waals surface area contributed by atoms with E-state index in [4.69, 9.17) is 27.9 Å². The van der Waals surface area contributed by atoms with Crippen molar-refractivity contribution in [3.63, 3.8) is 0 Å². The van der Waals surface area contributed by atoms with Gasteiger partial charge in [-0.3, -0.25) is 9.48 Å². The Morgan fingerprint density at radius 3 is 2.38 bits per heavy atom. The first-order valence-electron chi connectivity index (χ1n) is 9.37. The number of nitrogens with zero attached hydrogens (tertiary/aromatic N) is 3. The van der Waals surface area contributed by atoms with E-state index in [1.165, 1.54) is 6.08 Å². The summed E-state index contributed by atoms with van der Waals surface area (Å²) < 4.78 is 6.83. The molecule has 29 heavy (non-hydrogen) atoms. The summed E-state index contributed by atoms with van der Waals surface area (Å²) in [5.41, 5.74) is 3.21. The number of aromatic nitrogens is 2. The zero-order valence-electron chi connectivity index (χ0n) is 17.0. The number of esters is 1. The smallest absolute Gasteiger partial charge is 0.331 e. The Kier molecular flexibility index (Phi) is 8.29. The number of carbonyl (C=O) groups excluding carboxylic acids is 2. The van der Waals surface area contributed by atoms with E-state index < -0.39 is 5.97 Å². The lowest BCUT2D eigenvalue weighted by Crippen LogP contribution is -2.34. The lowest BCUT2D eigenvalue weighted by Gasteiger charge is -2.17. The Labute approximate surface area is 181 Å². The van der Waals surface area contributed by atoms with Crippen molar-refractivity contribution in [3.05, 3.63) is 56.8 Å². The Morgan fingerprint density at radius 2 is 1.79 bits per heavy atom. The molecule has 2 aromatic rings. The van der Waals surface area contributed by atoms with E-state index >= 15 is 0 Å². The van der Waals surface area contributed by atoms with E-state index in [2.05, 4.69) is 5.10 Å². The van der Waals surface area contributed by atoms with Crippen LogP contribution in [0, 0.1) is 13.8 Å². The van der Waals surface area contributed by atoms with Crippen LogP contribution in [0.25, 0.3) is 6.08 Å². The molecule has 1 heterocycles. The van der Waals surface area contributed by atoms with Crippen molar-refractivity contribution in [2.75, 3.05) is 19.7 Å². The molecule has 6 nitrogen and oxygen atoms in total. The first-order valence-corrected chi connectivity index (χ1v) is 10.1. The molecule has 0 aliphatic carbocycles. The van der Waals surface area contributed by atoms with Gasteiger partial charge in [-0.1, -0.05) is 29.3 Å². The lowest BCUT2D eigenvalue weighted by atomic mass is 10.1. The van der Waals surface area contributed by atoms with Crippen LogP contribution in [-0.2, 0) is 20.9 Å². The number of hydrogen-bond acceptors (Lipinski definition) is 4. The van der Waals surface area contributed by atoms with Gasteiger partial charge in [-0.2, -0.15) is 5.10 Å². The van der Waals surface area contributed by atoms with E-state index in [0.717, 1.165) is 22.5 Å². The summed E-state index contributed by atoms with van der Waals surface area (Å²) in [4.78, 5) is 25.5. The third-order valence-corrected chi connectivity index (χ3v) is 5.36. The van der Waals surface area contributed by atoms with Crippen molar-refractivity contribution in [3.8, 4) is 0 Å². The maximum atomic E-state index is 12.0. The predicted octanol–water partition coefficient (Wildman–Crippen LogP) is 4.28. The molecule has 1 aromatic heterocycles. The first-order chi connectivity index (χ1) is 13.8. The minimum absolute atomic E-state index is 0.214. The standard InChI is InChI=1S/C21H25Cl2N3O3/c1-5-25(6-2)20(27)13-29-21(28)11-10-16-14(3)24-26(15(16)4)12-17-18(22)8-7-9-19(17)23/h7-11H,5-6,12-13H2,1-4H3/b11-10+. The van der Waals surface area contributed by atoms with E-state index in [9.17, 15) is 9.59 Å². The molecule has 1 aromatic carbocycles. The van der Waals surface area contributed by atoms with Gasteiger partial charge in [-0.15, -0.1) is 0 Å². The average Bonchev–Trinajstić information content (AvgIpc) is 2.95. The molecule has 0 unspecified atom stereocenters. The highest BCUT2D eigenvalue weighted by molar-refractivity contribution is 6.35. The van der Waals surface area contributed by atoms with Gasteiger partial charge in [0, 0.05) is 46.0 Å². The molecule has 8 heteroatoms. The zero-order chi connectivity index (χ0) is 21.6. The molecule has 0 radical (unpaired) electrons. The van der Waals surface area contributed by atoms with Gasteiger partial charge in [0.05, 0.1) is 12.2 Å². The summed E-state index contributed by atoms with van der Waals surface area (Å²) >= 11 is 12.5. The van der Waals surface area contributed by atoms with Gasteiger partial charge >= 0.3 is 5.97 Å². The molecular formula is C21H25Cl2N3O3. The molecular weight excluding hydrogens is 413 g/mol. The number of halogens is 2. The summed E-state index contributed by atoms with van der Waals surface area (Å²) in [5.74, 6) is -0.792. The highest BCUT2D eigenvalue weighted by atomic mass is 35.5. The fourth-order valence-electron chi connectivity index (χ4n) is 2.94. The second-order valence-electron chi connectivity index (χ2n) is 6.45. The van der Waals surface area contributed by atoms with Gasteiger partial charge in [-0.05, 0) is 45.9 Å². The van der Waals surface area contributed by atoms with Crippen LogP contribution in [0.3, 0.4) is 0 Å². The van der Waals surface area contributed by atoms with Crippen LogP contribution in [0.15, 0.2) is 24.3 Å². The summed E-state index contributed by atoms with van der Waals surface area (Å²) in [5, 5.41) is 5.67. The van der Waals surface area contributed by atoms with Crippen molar-refractivity contribution in [1.29, 1.82) is 0 Å². The highest BCUT2D eigenvalue weighted by Gasteiger charge is 2.14. The third kappa shape index (κ3) is 5.84. The Morgan fingerprint density at radius 1 is 1.17 bits per heavy atom. The van der Waals surface area contributed by atoms with E-state index in [1.54, 1.807) is 33.9 Å². The summed E-state index contributed by atoms with van der Waals surface area (Å²) in [6.45, 7) is 8.82. The first kappa shape index (κ1) is 23.0. The zero-order valence-corrected chi connectivity index (χ0v) is 18.5. The van der Waals surface area contributed by atoms with Crippen LogP contribution >= 0.6 is 23.2 Å². The van der Waals surface area contributed by atoms with Crippen LogP contribution in [0.5, 0.6) is 0 Å². The number of aryl methyl sites for hydroxylation is 1. The number of benzene rings is 1. The second-order valence-corrected chi connectivity index (χ2v) is 7.26. The van der Waals surface area contributed by atoms with Crippen LogP contribution in [0.1, 0.15) is 36.4 Å². The summed E-state index contributed by atoms with van der Waals surface area (Å²) in [7, 11) is 0. The van der Waals surface area contributed by atoms with Gasteiger partial charge in [0.25, 0.3) is 5.91 Å². The molecule has 0 spiro atoms. The second kappa shape index (κ2) is 10.5. The molecule has 2 rings (SSSR count). The van der Waals surface area contributed by atoms with Gasteiger partial charge < -0.3 is 9.64 Å². The van der Waals surface area contributed by atoms with Crippen LogP contribution in [0.4, 0.5) is 0 Å². The Balaban J connectivity index is 2.08. The number of hydrogen-bond donors (Lipinski definition) is 0. The van der Waals surface area contributed by atoms with Crippen molar-refractivity contribution in [1.82, 2.24) is 14.7 Å². The maximum absolute atomic E-state index is 12.0. The largest absolute Gasteiger partial charge is 0.452 e. The molecule has 0 aliphatic heterocycles. The van der Waals surface area contributed by atoms with E-state index in [-0.39, 0.29) is 12.5 Å². The van der Waals surface area contributed by atoms with Crippen molar-refractivity contribution in [2.24, 2.45) is 0 Å². The fraction of sp³-hybridized carbons (Fsp3) is 0.381. The summed E-state index contributed by atoms with van der Waals surface area (Å²) in [6.07, 6.45) is 2.95. The van der Waals surface area contributed by atoms with Crippen LogP contribution in [0.2, 0.25) is 10.0 Å². The number of amides is 1. The van der Waals surface area contributed by atoms with Gasteiger partial charge in [0.2, 0.25) is 0 Å². The molecule has 0 atom stereocenters. The maximum Gasteiger partial charge on any atom is 0.331 e. The Bertz CT molecular complexity index is 898. The molecule has 1 amide bonds. The number of ether oxygens (including phenoxy) is 1. The molecule has 0 saturated heterocycles. The molecule has 0 bridgehead atoms. The molecule has 0 saturated carbocycles. The summed E-state index contributed by atoms with van der Waals surface area (Å²) in [6, 6.07) is 5.36. The SMILES string of the molecule is CCN(CC)C(=O)COC(=O)/C=C/c1c(C)nn(Cc2c(Cl)cccc2Cl)c1C. The number of rotatable bonds is 8. The fourth-order valence-corrected chi connectivity index (χ4v) is 3.46. The quantitative estimate of drug-likeness (QED) is 0.456. The van der Waals surface area contributed by atoms with Gasteiger partial charge in [0.15, 0.2) is 6.61 Å². The highest BCUT2D eigenvalue weighted by Crippen LogP contribution is 2.26. The molecule has 0 fully saturated rings. The van der Waals surface area contributed by atoms with Crippen molar-refractivity contribution >= 4 is 41.2 Å². The molecule has 156 valence electrons. The van der Waals surface area contributed by atoms with E-state index in [0.29, 0.717) is 29.7 Å². The normalized spacial score (nSPS) is 11.1. The monoisotopic (exact) mass is 437 g/mol. The van der Waals surface area contributed by atoms with Crippen molar-refractivity contribution in [2.45, 2.75) is 34.2 Å². The van der Waals surface area contributed by atoms with Crippen LogP contribution in [-0.4, -0.2) is 46.3 Å². The molecule has 0 aliphatic rings.